The fraction of sp³-hybridized carbons (Fsp3) is 0.333. The van der Waals surface area contributed by atoms with Gasteiger partial charge in [0.15, 0.2) is 0 Å². The first-order valence-electron chi connectivity index (χ1n) is 5.50. The maximum Gasteiger partial charge on any atom is 0.310 e. The van der Waals surface area contributed by atoms with E-state index in [4.69, 9.17) is 15.1 Å². The molecule has 0 saturated carbocycles. The van der Waals surface area contributed by atoms with Crippen LogP contribution in [0.1, 0.15) is 23.6 Å². The molecule has 0 spiro atoms. The molecule has 0 saturated heterocycles. The summed E-state index contributed by atoms with van der Waals surface area (Å²) in [4.78, 5) is 21.5. The van der Waals surface area contributed by atoms with Crippen LogP contribution in [-0.4, -0.2) is 22.6 Å². The lowest BCUT2D eigenvalue weighted by atomic mass is 9.98. The predicted octanol–water partition coefficient (Wildman–Crippen LogP) is 1.06. The van der Waals surface area contributed by atoms with Crippen molar-refractivity contribution in [2.45, 2.75) is 20.0 Å². The Morgan fingerprint density at radius 1 is 1.58 bits per heavy atom. The number of carbonyl (C=O) groups is 1. The number of nitriles is 1. The second kappa shape index (κ2) is 6.47. The summed E-state index contributed by atoms with van der Waals surface area (Å²) in [6.07, 6.45) is -0.165. The molecule has 0 aromatic heterocycles. The minimum atomic E-state index is -0.680. The van der Waals surface area contributed by atoms with Gasteiger partial charge >= 0.3 is 5.97 Å². The molecular formula is C12H12N2O5. The van der Waals surface area contributed by atoms with E-state index < -0.39 is 17.5 Å². The van der Waals surface area contributed by atoms with E-state index in [2.05, 4.69) is 0 Å². The number of aliphatic hydroxyl groups is 1. The molecule has 1 rings (SSSR count). The minimum absolute atomic E-state index is 0.0512. The lowest BCUT2D eigenvalue weighted by Gasteiger charge is -2.08. The fourth-order valence-corrected chi connectivity index (χ4v) is 1.67. The zero-order chi connectivity index (χ0) is 14.4. The molecule has 0 heterocycles. The van der Waals surface area contributed by atoms with E-state index in [-0.39, 0.29) is 29.8 Å². The summed E-state index contributed by atoms with van der Waals surface area (Å²) in [6, 6.07) is 4.28. The Hall–Kier alpha value is -2.46. The van der Waals surface area contributed by atoms with Crippen molar-refractivity contribution in [1.29, 1.82) is 5.26 Å². The van der Waals surface area contributed by atoms with Crippen LogP contribution in [0.3, 0.4) is 0 Å². The Morgan fingerprint density at radius 2 is 2.26 bits per heavy atom. The Kier molecular flexibility index (Phi) is 4.97. The van der Waals surface area contributed by atoms with E-state index in [1.165, 1.54) is 12.1 Å². The van der Waals surface area contributed by atoms with Crippen LogP contribution in [0.25, 0.3) is 0 Å². The summed E-state index contributed by atoms with van der Waals surface area (Å²) in [6.45, 7) is 1.22. The highest BCUT2D eigenvalue weighted by Gasteiger charge is 2.21. The summed E-state index contributed by atoms with van der Waals surface area (Å²) in [5, 5.41) is 29.0. The number of esters is 1. The Bertz CT molecular complexity index is 548. The summed E-state index contributed by atoms with van der Waals surface area (Å²) >= 11 is 0. The van der Waals surface area contributed by atoms with Crippen LogP contribution in [0.4, 0.5) is 5.69 Å². The number of hydrogen-bond donors (Lipinski definition) is 1. The molecule has 1 aromatic rings. The highest BCUT2D eigenvalue weighted by Crippen LogP contribution is 2.25. The van der Waals surface area contributed by atoms with Crippen molar-refractivity contribution in [2.75, 3.05) is 6.61 Å². The third kappa shape index (κ3) is 3.26. The van der Waals surface area contributed by atoms with Crippen LogP contribution in [0.5, 0.6) is 0 Å². The van der Waals surface area contributed by atoms with E-state index in [1.54, 1.807) is 13.0 Å². The average molecular weight is 264 g/mol. The molecule has 0 aliphatic heterocycles. The van der Waals surface area contributed by atoms with Crippen LogP contribution in [0.2, 0.25) is 0 Å². The number of carbonyl (C=O) groups excluding carboxylic acids is 1. The van der Waals surface area contributed by atoms with Crippen molar-refractivity contribution in [3.8, 4) is 6.07 Å². The predicted molar refractivity (Wildman–Crippen MR) is 64.1 cm³/mol. The van der Waals surface area contributed by atoms with E-state index in [9.17, 15) is 14.9 Å². The molecule has 19 heavy (non-hydrogen) atoms. The molecule has 1 aromatic carbocycles. The first-order chi connectivity index (χ1) is 9.04. The minimum Gasteiger partial charge on any atom is -0.466 e. The summed E-state index contributed by atoms with van der Waals surface area (Å²) < 4.78 is 4.75. The molecule has 0 fully saturated rings. The van der Waals surface area contributed by atoms with E-state index in [0.717, 1.165) is 0 Å². The van der Waals surface area contributed by atoms with Gasteiger partial charge in [-0.3, -0.25) is 14.9 Å². The van der Waals surface area contributed by atoms with Gasteiger partial charge in [-0.05, 0) is 12.5 Å². The molecule has 100 valence electrons. The van der Waals surface area contributed by atoms with Gasteiger partial charge in [0.05, 0.1) is 35.7 Å². The maximum absolute atomic E-state index is 11.4. The first-order valence-corrected chi connectivity index (χ1v) is 5.50. The standard InChI is InChI=1S/C12H12N2O5/c1-2-19-12(16)5-8-3-4-11(14(17)18)10(7-15)9(8)6-13/h3-4,15H,2,5,7H2,1H3. The largest absolute Gasteiger partial charge is 0.466 e. The molecule has 7 nitrogen and oxygen atoms in total. The number of nitro groups is 1. The molecule has 0 atom stereocenters. The van der Waals surface area contributed by atoms with Gasteiger partial charge in [-0.15, -0.1) is 0 Å². The van der Waals surface area contributed by atoms with Crippen LogP contribution in [0.15, 0.2) is 12.1 Å². The fourth-order valence-electron chi connectivity index (χ4n) is 1.67. The number of ether oxygens (including phenoxy) is 1. The second-order valence-corrected chi connectivity index (χ2v) is 3.61. The average Bonchev–Trinajstić information content (AvgIpc) is 2.37. The van der Waals surface area contributed by atoms with Gasteiger partial charge in [0, 0.05) is 6.07 Å². The van der Waals surface area contributed by atoms with Crippen molar-refractivity contribution in [3.63, 3.8) is 0 Å². The van der Waals surface area contributed by atoms with Crippen molar-refractivity contribution >= 4 is 11.7 Å². The Morgan fingerprint density at radius 3 is 2.74 bits per heavy atom. The number of rotatable bonds is 5. The van der Waals surface area contributed by atoms with Crippen LogP contribution >= 0.6 is 0 Å². The van der Waals surface area contributed by atoms with Crippen molar-refractivity contribution < 1.29 is 19.6 Å². The number of aliphatic hydroxyl groups excluding tert-OH is 1. The van der Waals surface area contributed by atoms with Gasteiger partial charge in [0.2, 0.25) is 0 Å². The van der Waals surface area contributed by atoms with E-state index in [1.807, 2.05) is 0 Å². The van der Waals surface area contributed by atoms with E-state index >= 15 is 0 Å². The third-order valence-corrected chi connectivity index (χ3v) is 2.48. The lowest BCUT2D eigenvalue weighted by molar-refractivity contribution is -0.385. The van der Waals surface area contributed by atoms with Gasteiger partial charge in [0.1, 0.15) is 6.07 Å². The highest BCUT2D eigenvalue weighted by molar-refractivity contribution is 5.74. The highest BCUT2D eigenvalue weighted by atomic mass is 16.6. The van der Waals surface area contributed by atoms with E-state index in [0.29, 0.717) is 5.56 Å². The molecule has 0 amide bonds. The zero-order valence-corrected chi connectivity index (χ0v) is 10.3. The molecule has 7 heteroatoms. The lowest BCUT2D eigenvalue weighted by Crippen LogP contribution is -2.10. The van der Waals surface area contributed by atoms with Crippen molar-refractivity contribution in [3.05, 3.63) is 38.9 Å². The van der Waals surface area contributed by atoms with Crippen molar-refractivity contribution in [2.24, 2.45) is 0 Å². The number of benzene rings is 1. The summed E-state index contributed by atoms with van der Waals surface area (Å²) in [5.74, 6) is -0.531. The SMILES string of the molecule is CCOC(=O)Cc1ccc([N+](=O)[O-])c(CO)c1C#N. The summed E-state index contributed by atoms with van der Waals surface area (Å²) in [7, 11) is 0. The van der Waals surface area contributed by atoms with Gasteiger partial charge in [-0.2, -0.15) is 5.26 Å². The monoisotopic (exact) mass is 264 g/mol. The molecule has 0 bridgehead atoms. The van der Waals surface area contributed by atoms with Crippen LogP contribution in [-0.2, 0) is 22.6 Å². The maximum atomic E-state index is 11.4. The van der Waals surface area contributed by atoms with Gasteiger partial charge in [-0.25, -0.2) is 0 Å². The quantitative estimate of drug-likeness (QED) is 0.483. The summed E-state index contributed by atoms with van der Waals surface area (Å²) in [5.41, 5.74) is -0.179. The molecule has 0 aliphatic rings. The number of nitro benzene ring substituents is 1. The molecular weight excluding hydrogens is 252 g/mol. The zero-order valence-electron chi connectivity index (χ0n) is 10.3. The van der Waals surface area contributed by atoms with Crippen LogP contribution < -0.4 is 0 Å². The molecule has 1 N–H and O–H groups in total. The molecule has 0 unspecified atom stereocenters. The topological polar surface area (TPSA) is 113 Å². The second-order valence-electron chi connectivity index (χ2n) is 3.61. The molecule has 0 radical (unpaired) electrons. The normalized spacial score (nSPS) is 9.74. The van der Waals surface area contributed by atoms with Gasteiger partial charge in [-0.1, -0.05) is 6.07 Å². The molecule has 0 aliphatic carbocycles. The van der Waals surface area contributed by atoms with Gasteiger partial charge < -0.3 is 9.84 Å². The number of nitrogens with zero attached hydrogens (tertiary/aromatic N) is 2. The first kappa shape index (κ1) is 14.6. The van der Waals surface area contributed by atoms with Crippen LogP contribution in [0, 0.1) is 21.4 Å². The van der Waals surface area contributed by atoms with Gasteiger partial charge in [0.25, 0.3) is 5.69 Å². The Balaban J connectivity index is 3.25. The third-order valence-electron chi connectivity index (χ3n) is 2.48. The van der Waals surface area contributed by atoms with Crippen molar-refractivity contribution in [1.82, 2.24) is 0 Å². The Labute approximate surface area is 109 Å². The number of hydrogen-bond acceptors (Lipinski definition) is 6. The smallest absolute Gasteiger partial charge is 0.310 e.